The monoisotopic (exact) mass is 377 g/mol. The molecular weight excluding hydrogens is 358 g/mol. The first-order chi connectivity index (χ1) is 12.2. The van der Waals surface area contributed by atoms with Gasteiger partial charge in [-0.1, -0.05) is 13.3 Å². The highest BCUT2D eigenvalue weighted by Crippen LogP contribution is 2.29. The molecule has 138 valence electrons. The summed E-state index contributed by atoms with van der Waals surface area (Å²) in [4.78, 5) is 16.2. The zero-order valence-corrected chi connectivity index (χ0v) is 15.2. The van der Waals surface area contributed by atoms with E-state index in [4.69, 9.17) is 8.97 Å². The number of aromatic nitrogens is 1. The van der Waals surface area contributed by atoms with Gasteiger partial charge in [0.05, 0.1) is 11.6 Å². The standard InChI is InChI=1S/C17H15NO3.CH4O3S/c1-2-3-12-14(19)5-4-13-15(20)10-16(21-17(12)13)11-6-8-18-9-7-11;1-5(2,3)4/h4-10,19H,2-3H2,1H3;1H3,(H,2,3,4). The Morgan fingerprint density at radius 2 is 1.77 bits per heavy atom. The van der Waals surface area contributed by atoms with Gasteiger partial charge in [0.25, 0.3) is 10.1 Å². The van der Waals surface area contributed by atoms with Crippen molar-refractivity contribution in [2.45, 2.75) is 19.8 Å². The number of aromatic hydroxyl groups is 1. The summed E-state index contributed by atoms with van der Waals surface area (Å²) in [6.07, 6.45) is 5.53. The molecule has 2 heterocycles. The zero-order chi connectivity index (χ0) is 19.3. The van der Waals surface area contributed by atoms with Crippen LogP contribution < -0.4 is 5.43 Å². The molecule has 7 nitrogen and oxygen atoms in total. The molecule has 1 aromatic carbocycles. The van der Waals surface area contributed by atoms with E-state index in [0.717, 1.165) is 12.0 Å². The van der Waals surface area contributed by atoms with Crippen LogP contribution in [-0.4, -0.2) is 29.3 Å². The molecule has 0 unspecified atom stereocenters. The number of nitrogens with zero attached hydrogens (tertiary/aromatic N) is 1. The van der Waals surface area contributed by atoms with Crippen molar-refractivity contribution in [1.29, 1.82) is 0 Å². The summed E-state index contributed by atoms with van der Waals surface area (Å²) in [5, 5.41) is 10.5. The third kappa shape index (κ3) is 5.14. The Balaban J connectivity index is 0.000000431. The van der Waals surface area contributed by atoms with Crippen LogP contribution in [0.3, 0.4) is 0 Å². The largest absolute Gasteiger partial charge is 0.508 e. The first-order valence-corrected chi connectivity index (χ1v) is 9.67. The molecule has 0 fully saturated rings. The number of fused-ring (bicyclic) bond motifs is 1. The summed E-state index contributed by atoms with van der Waals surface area (Å²) in [5.41, 5.74) is 1.83. The van der Waals surface area contributed by atoms with Crippen LogP contribution in [0.2, 0.25) is 0 Å². The van der Waals surface area contributed by atoms with Gasteiger partial charge in [-0.15, -0.1) is 0 Å². The van der Waals surface area contributed by atoms with Gasteiger partial charge in [0.2, 0.25) is 0 Å². The molecule has 0 atom stereocenters. The van der Waals surface area contributed by atoms with Gasteiger partial charge in [-0.3, -0.25) is 14.3 Å². The topological polar surface area (TPSA) is 118 Å². The molecule has 0 aliphatic rings. The lowest BCUT2D eigenvalue weighted by Crippen LogP contribution is -2.02. The summed E-state index contributed by atoms with van der Waals surface area (Å²) in [6.45, 7) is 2.02. The summed E-state index contributed by atoms with van der Waals surface area (Å²) in [6, 6.07) is 8.20. The highest BCUT2D eigenvalue weighted by Gasteiger charge is 2.13. The van der Waals surface area contributed by atoms with Crippen LogP contribution in [0.25, 0.3) is 22.3 Å². The molecule has 3 rings (SSSR count). The third-order valence-corrected chi connectivity index (χ3v) is 3.44. The number of phenolic OH excluding ortho intramolecular Hbond substituents is 1. The second-order valence-corrected chi connectivity index (χ2v) is 7.10. The van der Waals surface area contributed by atoms with Gasteiger partial charge in [0, 0.05) is 29.6 Å². The Hall–Kier alpha value is -2.71. The molecule has 8 heteroatoms. The molecule has 2 N–H and O–H groups in total. The molecule has 0 amide bonds. The average molecular weight is 377 g/mol. The van der Waals surface area contributed by atoms with Gasteiger partial charge in [-0.2, -0.15) is 8.42 Å². The van der Waals surface area contributed by atoms with Crippen LogP contribution in [0.5, 0.6) is 5.75 Å². The lowest BCUT2D eigenvalue weighted by molar-refractivity contribution is 0.466. The van der Waals surface area contributed by atoms with E-state index in [1.807, 2.05) is 6.92 Å². The first-order valence-electron chi connectivity index (χ1n) is 7.82. The fourth-order valence-corrected chi connectivity index (χ4v) is 2.41. The number of rotatable bonds is 3. The predicted molar refractivity (Wildman–Crippen MR) is 98.8 cm³/mol. The maximum atomic E-state index is 12.3. The van der Waals surface area contributed by atoms with Gasteiger partial charge < -0.3 is 9.52 Å². The molecule has 2 aromatic heterocycles. The average Bonchev–Trinajstić information content (AvgIpc) is 2.57. The van der Waals surface area contributed by atoms with E-state index in [9.17, 15) is 18.3 Å². The Bertz CT molecular complexity index is 1050. The third-order valence-electron chi connectivity index (χ3n) is 3.44. The van der Waals surface area contributed by atoms with Crippen LogP contribution in [0.15, 0.2) is 51.9 Å². The van der Waals surface area contributed by atoms with Crippen molar-refractivity contribution in [3.8, 4) is 17.1 Å². The summed E-state index contributed by atoms with van der Waals surface area (Å²) in [7, 11) is -3.67. The predicted octanol–water partition coefficient (Wildman–Crippen LogP) is 3.02. The van der Waals surface area contributed by atoms with Crippen molar-refractivity contribution in [2.75, 3.05) is 6.26 Å². The van der Waals surface area contributed by atoms with Crippen molar-refractivity contribution in [2.24, 2.45) is 0 Å². The van der Waals surface area contributed by atoms with Crippen molar-refractivity contribution in [3.63, 3.8) is 0 Å². The van der Waals surface area contributed by atoms with Crippen LogP contribution in [-0.2, 0) is 16.5 Å². The Labute approximate surface area is 150 Å². The van der Waals surface area contributed by atoms with Crippen LogP contribution in [0.1, 0.15) is 18.9 Å². The molecule has 0 aliphatic carbocycles. The van der Waals surface area contributed by atoms with Crippen LogP contribution in [0.4, 0.5) is 0 Å². The second kappa shape index (κ2) is 8.11. The van der Waals surface area contributed by atoms with Crippen molar-refractivity contribution in [3.05, 3.63) is 58.5 Å². The molecule has 0 saturated carbocycles. The van der Waals surface area contributed by atoms with E-state index in [1.54, 1.807) is 36.7 Å². The van der Waals surface area contributed by atoms with Crippen molar-refractivity contribution < 1.29 is 22.5 Å². The van der Waals surface area contributed by atoms with E-state index in [1.165, 1.54) is 6.07 Å². The molecule has 0 bridgehead atoms. The molecule has 3 aromatic rings. The van der Waals surface area contributed by atoms with E-state index in [0.29, 0.717) is 35.0 Å². The maximum absolute atomic E-state index is 12.3. The van der Waals surface area contributed by atoms with E-state index in [2.05, 4.69) is 4.98 Å². The summed E-state index contributed by atoms with van der Waals surface area (Å²) in [5.74, 6) is 0.650. The minimum atomic E-state index is -3.67. The molecule has 0 radical (unpaired) electrons. The number of benzene rings is 1. The highest BCUT2D eigenvalue weighted by atomic mass is 32.2. The lowest BCUT2D eigenvalue weighted by Gasteiger charge is -2.09. The maximum Gasteiger partial charge on any atom is 0.261 e. The van der Waals surface area contributed by atoms with Gasteiger partial charge in [-0.05, 0) is 30.7 Å². The van der Waals surface area contributed by atoms with Crippen LogP contribution in [0, 0.1) is 0 Å². The van der Waals surface area contributed by atoms with Gasteiger partial charge in [-0.25, -0.2) is 0 Å². The fraction of sp³-hybridized carbons (Fsp3) is 0.222. The van der Waals surface area contributed by atoms with E-state index >= 15 is 0 Å². The Morgan fingerprint density at radius 3 is 2.35 bits per heavy atom. The molecule has 0 saturated heterocycles. The van der Waals surface area contributed by atoms with E-state index < -0.39 is 10.1 Å². The number of hydrogen-bond acceptors (Lipinski definition) is 6. The smallest absolute Gasteiger partial charge is 0.261 e. The second-order valence-electron chi connectivity index (χ2n) is 5.63. The van der Waals surface area contributed by atoms with Crippen molar-refractivity contribution in [1.82, 2.24) is 4.98 Å². The normalized spacial score (nSPS) is 11.0. The summed E-state index contributed by atoms with van der Waals surface area (Å²) >= 11 is 0. The molecule has 26 heavy (non-hydrogen) atoms. The number of phenols is 1. The molecule has 0 aliphatic heterocycles. The minimum Gasteiger partial charge on any atom is -0.508 e. The minimum absolute atomic E-state index is 0.111. The van der Waals surface area contributed by atoms with Gasteiger partial charge in [0.1, 0.15) is 17.1 Å². The number of aryl methyl sites for hydroxylation is 1. The molecule has 0 spiro atoms. The SMILES string of the molecule is CCCc1c(O)ccc2c(=O)cc(-c3ccncc3)oc12.CS(=O)(=O)O. The van der Waals surface area contributed by atoms with Gasteiger partial charge in [0.15, 0.2) is 5.43 Å². The Morgan fingerprint density at radius 1 is 1.15 bits per heavy atom. The van der Waals surface area contributed by atoms with Crippen LogP contribution >= 0.6 is 0 Å². The first kappa shape index (κ1) is 19.6. The van der Waals surface area contributed by atoms with E-state index in [-0.39, 0.29) is 11.2 Å². The lowest BCUT2D eigenvalue weighted by atomic mass is 10.0. The summed E-state index contributed by atoms with van der Waals surface area (Å²) < 4.78 is 31.8. The Kier molecular flexibility index (Phi) is 6.12. The zero-order valence-electron chi connectivity index (χ0n) is 14.3. The quantitative estimate of drug-likeness (QED) is 0.674. The number of hydrogen-bond donors (Lipinski definition) is 2. The molecular formula is C18H19NO6S. The van der Waals surface area contributed by atoms with Crippen molar-refractivity contribution >= 4 is 21.1 Å². The highest BCUT2D eigenvalue weighted by molar-refractivity contribution is 7.85. The fourth-order valence-electron chi connectivity index (χ4n) is 2.41. The number of pyridine rings is 1. The van der Waals surface area contributed by atoms with Gasteiger partial charge >= 0.3 is 0 Å².